The summed E-state index contributed by atoms with van der Waals surface area (Å²) in [7, 11) is 3.09. The van der Waals surface area contributed by atoms with Gasteiger partial charge in [0.1, 0.15) is 5.56 Å². The van der Waals surface area contributed by atoms with E-state index in [1.807, 2.05) is 49.4 Å². The Bertz CT molecular complexity index is 1670. The lowest BCUT2D eigenvalue weighted by atomic mass is 9.92. The van der Waals surface area contributed by atoms with Crippen LogP contribution in [0.15, 0.2) is 65.6 Å². The minimum atomic E-state index is -0.512. The number of anilines is 1. The number of benzene rings is 2. The number of pyridine rings is 1. The van der Waals surface area contributed by atoms with Crippen molar-refractivity contribution in [3.8, 4) is 28.3 Å². The highest BCUT2D eigenvalue weighted by atomic mass is 35.5. The molecule has 1 amide bonds. The number of hydrogen-bond donors (Lipinski definition) is 3. The minimum Gasteiger partial charge on any atom is -0.481 e. The van der Waals surface area contributed by atoms with Crippen LogP contribution in [-0.2, 0) is 13.6 Å². The van der Waals surface area contributed by atoms with Crippen LogP contribution >= 0.6 is 11.6 Å². The molecule has 9 nitrogen and oxygen atoms in total. The molecular formula is C32H34ClN5O4. The monoisotopic (exact) mass is 587 g/mol. The first-order valence-corrected chi connectivity index (χ1v) is 14.3. The number of aliphatic hydroxyl groups excluding tert-OH is 1. The maximum Gasteiger partial charge on any atom is 0.279 e. The number of nitrogens with one attached hydrogen (secondary N) is 2. The van der Waals surface area contributed by atoms with Crippen LogP contribution in [0.1, 0.15) is 47.2 Å². The summed E-state index contributed by atoms with van der Waals surface area (Å²) in [6, 6.07) is 16.6. The van der Waals surface area contributed by atoms with Gasteiger partial charge >= 0.3 is 0 Å². The van der Waals surface area contributed by atoms with E-state index in [1.165, 1.54) is 19.3 Å². The van der Waals surface area contributed by atoms with Crippen LogP contribution in [0.5, 0.6) is 5.88 Å². The average Bonchev–Trinajstić information content (AvgIpc) is 2.99. The number of nitrogens with zero attached hydrogens (tertiary/aromatic N) is 3. The van der Waals surface area contributed by atoms with Crippen molar-refractivity contribution in [2.45, 2.75) is 51.3 Å². The standard InChI is InChI=1S/C32H34ClN5O4/c1-19-21(8-7-12-25(19)36-30(40)24-16-17-35-38(2)32(24)41)22-9-6-10-23(29(22)33)26-15-14-20(31(37-26)42-3)18-34-27-11-4-5-13-28(27)39/h6-10,12,14-17,27-28,34,39H,4-5,11,13,18H2,1-3H3,(H,36,40)/t27-,28+/m1/s1. The number of aromatic nitrogens is 3. The first-order chi connectivity index (χ1) is 20.3. The molecule has 218 valence electrons. The topological polar surface area (TPSA) is 118 Å². The lowest BCUT2D eigenvalue weighted by molar-refractivity contribution is 0.0901. The highest BCUT2D eigenvalue weighted by Gasteiger charge is 2.23. The predicted octanol–water partition coefficient (Wildman–Crippen LogP) is 5.13. The van der Waals surface area contributed by atoms with Crippen molar-refractivity contribution in [2.75, 3.05) is 12.4 Å². The number of halogens is 1. The number of ether oxygens (including phenoxy) is 1. The highest BCUT2D eigenvalue weighted by Crippen LogP contribution is 2.39. The lowest BCUT2D eigenvalue weighted by Crippen LogP contribution is -2.41. The van der Waals surface area contributed by atoms with Gasteiger partial charge in [-0.3, -0.25) is 9.59 Å². The first-order valence-electron chi connectivity index (χ1n) is 14.0. The van der Waals surface area contributed by atoms with Crippen LogP contribution in [0.25, 0.3) is 22.4 Å². The number of aryl methyl sites for hydroxylation is 1. The Morgan fingerprint density at radius 3 is 2.60 bits per heavy atom. The summed E-state index contributed by atoms with van der Waals surface area (Å²) in [4.78, 5) is 30.1. The van der Waals surface area contributed by atoms with Crippen molar-refractivity contribution in [1.82, 2.24) is 20.1 Å². The zero-order valence-electron chi connectivity index (χ0n) is 23.9. The van der Waals surface area contributed by atoms with E-state index < -0.39 is 11.5 Å². The van der Waals surface area contributed by atoms with Gasteiger partial charge in [0, 0.05) is 48.2 Å². The minimum absolute atomic E-state index is 0.00548. The number of rotatable bonds is 8. The molecule has 1 aliphatic rings. The SMILES string of the molecule is COc1nc(-c2cccc(-c3cccc(NC(=O)c4ccnn(C)c4=O)c3C)c2Cl)ccc1CN[C@@H]1CCCC[C@@H]1O. The Balaban J connectivity index is 1.41. The molecule has 0 radical (unpaired) electrons. The van der Waals surface area contributed by atoms with Gasteiger partial charge in [0.15, 0.2) is 0 Å². The molecule has 0 saturated heterocycles. The molecule has 2 atom stereocenters. The molecular weight excluding hydrogens is 554 g/mol. The molecule has 5 rings (SSSR count). The highest BCUT2D eigenvalue weighted by molar-refractivity contribution is 6.36. The van der Waals surface area contributed by atoms with Crippen LogP contribution in [0, 0.1) is 6.92 Å². The summed E-state index contributed by atoms with van der Waals surface area (Å²) < 4.78 is 6.75. The maximum absolute atomic E-state index is 12.9. The van der Waals surface area contributed by atoms with Crippen molar-refractivity contribution in [3.63, 3.8) is 0 Å². The molecule has 4 aromatic rings. The summed E-state index contributed by atoms with van der Waals surface area (Å²) in [5.74, 6) is -0.0168. The predicted molar refractivity (Wildman–Crippen MR) is 164 cm³/mol. The molecule has 0 unspecified atom stereocenters. The van der Waals surface area contributed by atoms with Crippen LogP contribution < -0.4 is 20.9 Å². The molecule has 3 N–H and O–H groups in total. The number of carbonyl (C=O) groups is 1. The fraction of sp³-hybridized carbons (Fsp3) is 0.312. The molecule has 1 saturated carbocycles. The maximum atomic E-state index is 12.9. The molecule has 0 aliphatic heterocycles. The Kier molecular flexibility index (Phi) is 9.01. The van der Waals surface area contributed by atoms with Gasteiger partial charge in [-0.2, -0.15) is 5.10 Å². The molecule has 2 aromatic heterocycles. The van der Waals surface area contributed by atoms with Gasteiger partial charge in [0.25, 0.3) is 11.5 Å². The van der Waals surface area contributed by atoms with Crippen molar-refractivity contribution in [2.24, 2.45) is 7.05 Å². The summed E-state index contributed by atoms with van der Waals surface area (Å²) >= 11 is 7.00. The summed E-state index contributed by atoms with van der Waals surface area (Å²) in [5.41, 5.74) is 4.81. The van der Waals surface area contributed by atoms with Gasteiger partial charge in [0.2, 0.25) is 5.88 Å². The summed E-state index contributed by atoms with van der Waals surface area (Å²) in [6.07, 6.45) is 5.01. The third-order valence-corrected chi connectivity index (χ3v) is 8.22. The number of methoxy groups -OCH3 is 1. The van der Waals surface area contributed by atoms with Crippen molar-refractivity contribution < 1.29 is 14.6 Å². The second-order valence-corrected chi connectivity index (χ2v) is 10.9. The first kappa shape index (κ1) is 29.4. The lowest BCUT2D eigenvalue weighted by Gasteiger charge is -2.28. The second kappa shape index (κ2) is 12.9. The van der Waals surface area contributed by atoms with E-state index in [1.54, 1.807) is 13.2 Å². The molecule has 10 heteroatoms. The van der Waals surface area contributed by atoms with Gasteiger partial charge in [-0.05, 0) is 49.1 Å². The molecule has 0 spiro atoms. The molecule has 42 heavy (non-hydrogen) atoms. The van der Waals surface area contributed by atoms with E-state index in [2.05, 4.69) is 15.7 Å². The molecule has 1 aliphatic carbocycles. The third kappa shape index (κ3) is 6.09. The fourth-order valence-corrected chi connectivity index (χ4v) is 5.71. The Morgan fingerprint density at radius 2 is 1.81 bits per heavy atom. The molecule has 2 heterocycles. The largest absolute Gasteiger partial charge is 0.481 e. The van der Waals surface area contributed by atoms with E-state index in [0.717, 1.165) is 58.2 Å². The van der Waals surface area contributed by atoms with Crippen molar-refractivity contribution in [1.29, 1.82) is 0 Å². The molecule has 1 fully saturated rings. The zero-order valence-corrected chi connectivity index (χ0v) is 24.6. The van der Waals surface area contributed by atoms with E-state index in [4.69, 9.17) is 21.3 Å². The molecule has 2 aromatic carbocycles. The fourth-order valence-electron chi connectivity index (χ4n) is 5.39. The Labute approximate surface area is 249 Å². The third-order valence-electron chi connectivity index (χ3n) is 7.81. The number of aliphatic hydroxyl groups is 1. The molecule has 0 bridgehead atoms. The van der Waals surface area contributed by atoms with Gasteiger partial charge in [-0.1, -0.05) is 60.8 Å². The van der Waals surface area contributed by atoms with Crippen LogP contribution in [0.4, 0.5) is 5.69 Å². The van der Waals surface area contributed by atoms with Crippen molar-refractivity contribution >= 4 is 23.2 Å². The van der Waals surface area contributed by atoms with Crippen LogP contribution in [-0.4, -0.2) is 45.0 Å². The van der Waals surface area contributed by atoms with Crippen molar-refractivity contribution in [3.05, 3.63) is 92.9 Å². The van der Waals surface area contributed by atoms with Gasteiger partial charge in [-0.25, -0.2) is 9.67 Å². The summed E-state index contributed by atoms with van der Waals surface area (Å²) in [5, 5.41) is 21.0. The van der Waals surface area contributed by atoms with E-state index >= 15 is 0 Å². The number of carbonyl (C=O) groups excluding carboxylic acids is 1. The number of hydrogen-bond acceptors (Lipinski definition) is 7. The van der Waals surface area contributed by atoms with Gasteiger partial charge < -0.3 is 20.5 Å². The number of amides is 1. The zero-order chi connectivity index (χ0) is 29.8. The average molecular weight is 588 g/mol. The van der Waals surface area contributed by atoms with E-state index in [0.29, 0.717) is 28.8 Å². The van der Waals surface area contributed by atoms with Crippen LogP contribution in [0.2, 0.25) is 5.02 Å². The smallest absolute Gasteiger partial charge is 0.279 e. The normalized spacial score (nSPS) is 16.7. The Hall–Kier alpha value is -4.05. The van der Waals surface area contributed by atoms with E-state index in [-0.39, 0.29) is 17.7 Å². The van der Waals surface area contributed by atoms with Gasteiger partial charge in [-0.15, -0.1) is 0 Å². The van der Waals surface area contributed by atoms with Gasteiger partial charge in [0.05, 0.1) is 23.9 Å². The quantitative estimate of drug-likeness (QED) is 0.262. The Morgan fingerprint density at radius 1 is 1.07 bits per heavy atom. The second-order valence-electron chi connectivity index (χ2n) is 10.5. The summed E-state index contributed by atoms with van der Waals surface area (Å²) in [6.45, 7) is 2.43. The van der Waals surface area contributed by atoms with E-state index in [9.17, 15) is 14.7 Å². The van der Waals surface area contributed by atoms with Crippen LogP contribution in [0.3, 0.4) is 0 Å².